The molecule has 0 spiro atoms. The lowest BCUT2D eigenvalue weighted by molar-refractivity contribution is 0.0342. The zero-order valence-corrected chi connectivity index (χ0v) is 16.1. The lowest BCUT2D eigenvalue weighted by Gasteiger charge is -2.26. The van der Waals surface area contributed by atoms with Crippen molar-refractivity contribution in [2.75, 3.05) is 44.3 Å². The van der Waals surface area contributed by atoms with Crippen LogP contribution in [0.3, 0.4) is 0 Å². The third-order valence-corrected chi connectivity index (χ3v) is 5.30. The summed E-state index contributed by atoms with van der Waals surface area (Å²) in [5.41, 5.74) is 2.70. The van der Waals surface area contributed by atoms with Crippen molar-refractivity contribution in [1.29, 1.82) is 0 Å². The highest BCUT2D eigenvalue weighted by Crippen LogP contribution is 2.16. The van der Waals surface area contributed by atoms with Crippen molar-refractivity contribution in [1.82, 2.24) is 20.4 Å². The number of nitrogens with one attached hydrogen (secondary N) is 1. The molecule has 7 nitrogen and oxygen atoms in total. The van der Waals surface area contributed by atoms with Crippen molar-refractivity contribution in [2.45, 2.75) is 25.9 Å². The Morgan fingerprint density at radius 3 is 2.32 bits per heavy atom. The smallest absolute Gasteiger partial charge is 0.272 e. The largest absolute Gasteiger partial charge is 0.379 e. The van der Waals surface area contributed by atoms with Gasteiger partial charge in [0.15, 0.2) is 11.5 Å². The highest BCUT2D eigenvalue weighted by atomic mass is 16.5. The number of anilines is 1. The van der Waals surface area contributed by atoms with Crippen LogP contribution in [0.5, 0.6) is 0 Å². The van der Waals surface area contributed by atoms with Crippen molar-refractivity contribution in [3.8, 4) is 0 Å². The van der Waals surface area contributed by atoms with E-state index in [1.165, 1.54) is 18.4 Å². The lowest BCUT2D eigenvalue weighted by Crippen LogP contribution is -2.35. The van der Waals surface area contributed by atoms with Crippen molar-refractivity contribution in [3.05, 3.63) is 53.2 Å². The molecule has 148 valence electrons. The van der Waals surface area contributed by atoms with Crippen molar-refractivity contribution in [2.24, 2.45) is 0 Å². The number of amides is 1. The molecule has 2 fully saturated rings. The second-order valence-corrected chi connectivity index (χ2v) is 7.36. The second-order valence-electron chi connectivity index (χ2n) is 7.36. The van der Waals surface area contributed by atoms with E-state index in [0.29, 0.717) is 12.2 Å². The molecule has 0 aliphatic carbocycles. The Kier molecular flexibility index (Phi) is 6.14. The fraction of sp³-hybridized carbons (Fsp3) is 0.476. The Labute approximate surface area is 165 Å². The van der Waals surface area contributed by atoms with E-state index in [1.807, 2.05) is 6.07 Å². The molecule has 2 aliphatic heterocycles. The second kappa shape index (κ2) is 9.12. The Balaban J connectivity index is 1.27. The van der Waals surface area contributed by atoms with Crippen LogP contribution >= 0.6 is 0 Å². The predicted molar refractivity (Wildman–Crippen MR) is 107 cm³/mol. The van der Waals surface area contributed by atoms with E-state index in [-0.39, 0.29) is 5.91 Å². The number of rotatable bonds is 6. The van der Waals surface area contributed by atoms with Gasteiger partial charge in [-0.25, -0.2) is 0 Å². The van der Waals surface area contributed by atoms with Crippen LogP contribution in [0.15, 0.2) is 36.4 Å². The van der Waals surface area contributed by atoms with E-state index in [0.717, 1.165) is 57.3 Å². The Bertz CT molecular complexity index is 766. The minimum absolute atomic E-state index is 0.196. The van der Waals surface area contributed by atoms with Gasteiger partial charge in [0.2, 0.25) is 0 Å². The van der Waals surface area contributed by atoms with Crippen LogP contribution in [-0.4, -0.2) is 60.4 Å². The van der Waals surface area contributed by atoms with Crippen LogP contribution in [0.2, 0.25) is 0 Å². The van der Waals surface area contributed by atoms with Gasteiger partial charge in [-0.2, -0.15) is 0 Å². The first-order valence-corrected chi connectivity index (χ1v) is 10.0. The first-order valence-electron chi connectivity index (χ1n) is 10.0. The number of hydrogen-bond donors (Lipinski definition) is 1. The Hall–Kier alpha value is -2.51. The van der Waals surface area contributed by atoms with Gasteiger partial charge in [-0.05, 0) is 36.1 Å². The molecule has 1 aromatic carbocycles. The number of benzene rings is 1. The number of hydrogen-bond acceptors (Lipinski definition) is 6. The molecule has 1 N–H and O–H groups in total. The normalized spacial score (nSPS) is 17.6. The molecule has 2 saturated heterocycles. The number of ether oxygens (including phenoxy) is 1. The molecular weight excluding hydrogens is 354 g/mol. The number of morpholine rings is 1. The summed E-state index contributed by atoms with van der Waals surface area (Å²) < 4.78 is 5.39. The Morgan fingerprint density at radius 1 is 0.929 bits per heavy atom. The summed E-state index contributed by atoms with van der Waals surface area (Å²) in [6, 6.07) is 12.0. The molecule has 2 aliphatic rings. The van der Waals surface area contributed by atoms with E-state index in [2.05, 4.69) is 49.6 Å². The number of nitrogens with zero attached hydrogens (tertiary/aromatic N) is 4. The molecule has 3 heterocycles. The van der Waals surface area contributed by atoms with Gasteiger partial charge in [-0.3, -0.25) is 9.69 Å². The molecule has 1 aromatic heterocycles. The van der Waals surface area contributed by atoms with Crippen LogP contribution in [0.4, 0.5) is 5.82 Å². The lowest BCUT2D eigenvalue weighted by atomic mass is 10.1. The summed E-state index contributed by atoms with van der Waals surface area (Å²) in [5, 5.41) is 11.2. The quantitative estimate of drug-likeness (QED) is 0.823. The van der Waals surface area contributed by atoms with E-state index < -0.39 is 0 Å². The maximum Gasteiger partial charge on any atom is 0.272 e. The number of aromatic nitrogens is 2. The summed E-state index contributed by atoms with van der Waals surface area (Å²) in [7, 11) is 0. The van der Waals surface area contributed by atoms with Gasteiger partial charge in [0.25, 0.3) is 5.91 Å². The highest BCUT2D eigenvalue weighted by Gasteiger charge is 2.15. The zero-order chi connectivity index (χ0) is 19.2. The van der Waals surface area contributed by atoms with Crippen LogP contribution in [0.1, 0.15) is 34.5 Å². The fourth-order valence-electron chi connectivity index (χ4n) is 3.61. The van der Waals surface area contributed by atoms with Gasteiger partial charge in [-0.15, -0.1) is 10.2 Å². The molecule has 0 bridgehead atoms. The van der Waals surface area contributed by atoms with E-state index in [4.69, 9.17) is 4.74 Å². The van der Waals surface area contributed by atoms with Gasteiger partial charge in [0, 0.05) is 39.3 Å². The zero-order valence-electron chi connectivity index (χ0n) is 16.1. The molecule has 0 atom stereocenters. The van der Waals surface area contributed by atoms with Gasteiger partial charge in [0.05, 0.1) is 13.2 Å². The average Bonchev–Trinajstić information content (AvgIpc) is 3.29. The van der Waals surface area contributed by atoms with Crippen molar-refractivity contribution < 1.29 is 9.53 Å². The topological polar surface area (TPSA) is 70.6 Å². The summed E-state index contributed by atoms with van der Waals surface area (Å²) in [6.45, 7) is 7.04. The first-order chi connectivity index (χ1) is 13.8. The molecule has 7 heteroatoms. The van der Waals surface area contributed by atoms with Crippen molar-refractivity contribution in [3.63, 3.8) is 0 Å². The standard InChI is InChI=1S/C21H27N5O2/c27-21(19-7-8-20(24-23-19)26-9-1-2-10-26)22-15-17-3-5-18(6-4-17)16-25-11-13-28-14-12-25/h3-8H,1-2,9-16H2,(H,22,27). The monoisotopic (exact) mass is 381 g/mol. The third kappa shape index (κ3) is 4.85. The van der Waals surface area contributed by atoms with Crippen LogP contribution in [0.25, 0.3) is 0 Å². The predicted octanol–water partition coefficient (Wildman–Crippen LogP) is 1.84. The molecule has 28 heavy (non-hydrogen) atoms. The Morgan fingerprint density at radius 2 is 1.64 bits per heavy atom. The minimum atomic E-state index is -0.196. The molecule has 0 radical (unpaired) electrons. The van der Waals surface area contributed by atoms with E-state index >= 15 is 0 Å². The molecule has 0 saturated carbocycles. The summed E-state index contributed by atoms with van der Waals surface area (Å²) in [4.78, 5) is 16.9. The summed E-state index contributed by atoms with van der Waals surface area (Å²) in [6.07, 6.45) is 2.38. The van der Waals surface area contributed by atoms with Gasteiger partial charge in [0.1, 0.15) is 0 Å². The van der Waals surface area contributed by atoms with Crippen LogP contribution in [-0.2, 0) is 17.8 Å². The van der Waals surface area contributed by atoms with Gasteiger partial charge in [-0.1, -0.05) is 24.3 Å². The highest BCUT2D eigenvalue weighted by molar-refractivity contribution is 5.92. The first kappa shape index (κ1) is 18.8. The molecule has 1 amide bonds. The van der Waals surface area contributed by atoms with Crippen LogP contribution < -0.4 is 10.2 Å². The summed E-state index contributed by atoms with van der Waals surface area (Å²) in [5.74, 6) is 0.655. The number of carbonyl (C=O) groups is 1. The maximum absolute atomic E-state index is 12.3. The molecule has 0 unspecified atom stereocenters. The van der Waals surface area contributed by atoms with E-state index in [1.54, 1.807) is 6.07 Å². The number of carbonyl (C=O) groups excluding carboxylic acids is 1. The third-order valence-electron chi connectivity index (χ3n) is 5.30. The summed E-state index contributed by atoms with van der Waals surface area (Å²) >= 11 is 0. The fourth-order valence-corrected chi connectivity index (χ4v) is 3.61. The van der Waals surface area contributed by atoms with Crippen molar-refractivity contribution >= 4 is 11.7 Å². The maximum atomic E-state index is 12.3. The minimum Gasteiger partial charge on any atom is -0.379 e. The van der Waals surface area contributed by atoms with E-state index in [9.17, 15) is 4.79 Å². The average molecular weight is 381 g/mol. The van der Waals surface area contributed by atoms with Crippen LogP contribution in [0, 0.1) is 0 Å². The SMILES string of the molecule is O=C(NCc1ccc(CN2CCOCC2)cc1)c1ccc(N2CCCC2)nn1. The molecular formula is C21H27N5O2. The molecule has 4 rings (SSSR count). The van der Waals surface area contributed by atoms with Gasteiger partial charge < -0.3 is 15.0 Å². The van der Waals surface area contributed by atoms with Gasteiger partial charge >= 0.3 is 0 Å². The molecule has 2 aromatic rings.